The number of hydrogen-bond donors (Lipinski definition) is 2. The second-order valence-electron chi connectivity index (χ2n) is 10.9. The minimum absolute atomic E-state index is 0.242. The van der Waals surface area contributed by atoms with Gasteiger partial charge in [-0.05, 0) is 30.1 Å². The summed E-state index contributed by atoms with van der Waals surface area (Å²) in [4.78, 5) is 38.4. The number of pyridine rings is 1. The van der Waals surface area contributed by atoms with Crippen LogP contribution >= 0.6 is 11.3 Å². The molecular formula is C28H34F3N5O3S. The number of nitrogens with one attached hydrogen (secondary N) is 2. The molecule has 1 aliphatic carbocycles. The second kappa shape index (κ2) is 13.1. The Morgan fingerprint density at radius 2 is 1.88 bits per heavy atom. The first-order chi connectivity index (χ1) is 18.6. The van der Waals surface area contributed by atoms with E-state index in [2.05, 4.69) is 50.8 Å². The van der Waals surface area contributed by atoms with Crippen molar-refractivity contribution >= 4 is 39.6 Å². The number of terminal acetylenes is 1. The van der Waals surface area contributed by atoms with Crippen LogP contribution in [0.5, 0.6) is 0 Å². The van der Waals surface area contributed by atoms with E-state index in [1.807, 2.05) is 18.4 Å². The van der Waals surface area contributed by atoms with Crippen LogP contribution in [-0.4, -0.2) is 53.9 Å². The van der Waals surface area contributed by atoms with Crippen molar-refractivity contribution < 1.29 is 27.6 Å². The van der Waals surface area contributed by atoms with Crippen LogP contribution in [0.1, 0.15) is 57.5 Å². The van der Waals surface area contributed by atoms with Gasteiger partial charge in [0.05, 0.1) is 23.0 Å². The molecule has 2 aromatic heterocycles. The molecule has 12 heteroatoms. The van der Waals surface area contributed by atoms with Crippen molar-refractivity contribution in [1.82, 2.24) is 20.5 Å². The Morgan fingerprint density at radius 1 is 1.30 bits per heavy atom. The van der Waals surface area contributed by atoms with Crippen LogP contribution in [0.4, 0.5) is 13.2 Å². The summed E-state index contributed by atoms with van der Waals surface area (Å²) in [5.41, 5.74) is 2.47. The van der Waals surface area contributed by atoms with Crippen molar-refractivity contribution in [2.45, 2.75) is 53.8 Å². The van der Waals surface area contributed by atoms with Crippen LogP contribution in [0, 0.1) is 53.8 Å². The Kier molecular flexibility index (Phi) is 10.7. The predicted octanol–water partition coefficient (Wildman–Crippen LogP) is 4.34. The highest BCUT2D eigenvalue weighted by molar-refractivity contribution is 7.17. The lowest BCUT2D eigenvalue weighted by molar-refractivity contribution is -0.174. The van der Waals surface area contributed by atoms with E-state index in [1.54, 1.807) is 11.5 Å². The fourth-order valence-corrected chi connectivity index (χ4v) is 5.48. The van der Waals surface area contributed by atoms with E-state index in [9.17, 15) is 27.6 Å². The number of fused-ring (bicyclic) bond motifs is 2. The minimum atomic E-state index is -4.94. The van der Waals surface area contributed by atoms with Crippen LogP contribution in [0.15, 0.2) is 11.6 Å². The molecular weight excluding hydrogens is 543 g/mol. The number of aromatic nitrogens is 1. The number of rotatable bonds is 5. The van der Waals surface area contributed by atoms with Gasteiger partial charge in [0.1, 0.15) is 6.04 Å². The maximum atomic E-state index is 11.9. The van der Waals surface area contributed by atoms with Crippen LogP contribution < -0.4 is 10.6 Å². The van der Waals surface area contributed by atoms with Crippen molar-refractivity contribution in [3.8, 4) is 18.4 Å². The molecule has 2 N–H and O–H groups in total. The molecule has 1 saturated carbocycles. The van der Waals surface area contributed by atoms with Gasteiger partial charge in [-0.15, -0.1) is 17.8 Å². The van der Waals surface area contributed by atoms with E-state index >= 15 is 0 Å². The highest BCUT2D eigenvalue weighted by Crippen LogP contribution is 2.61. The van der Waals surface area contributed by atoms with E-state index < -0.39 is 30.6 Å². The first kappa shape index (κ1) is 32.6. The lowest BCUT2D eigenvalue weighted by atomic mass is 10.0. The number of likely N-dealkylation sites (tertiary alicyclic amines) is 1. The van der Waals surface area contributed by atoms with Gasteiger partial charge in [0.25, 0.3) is 0 Å². The Morgan fingerprint density at radius 3 is 2.35 bits per heavy atom. The summed E-state index contributed by atoms with van der Waals surface area (Å²) in [5, 5.41) is 15.8. The number of halogens is 3. The topological polar surface area (TPSA) is 115 Å². The predicted molar refractivity (Wildman–Crippen MR) is 147 cm³/mol. The highest BCUT2D eigenvalue weighted by atomic mass is 32.1. The average molecular weight is 578 g/mol. The Hall–Kier alpha value is -3.64. The SMILES string of the molecule is C#Cc1csc2c(C)ncc(C(C#N)NC=O)c12.CC(C)C.CC1(C)C2CN(C(=O)CNC(=O)C(F)(F)F)C[C@H]21. The number of alkyl halides is 3. The van der Waals surface area contributed by atoms with Crippen LogP contribution in [0.2, 0.25) is 0 Å². The van der Waals surface area contributed by atoms with Crippen LogP contribution in [0.3, 0.4) is 0 Å². The van der Waals surface area contributed by atoms with Crippen molar-refractivity contribution in [2.24, 2.45) is 23.2 Å². The highest BCUT2D eigenvalue weighted by Gasteiger charge is 2.62. The molecule has 3 amide bonds. The summed E-state index contributed by atoms with van der Waals surface area (Å²) in [6.07, 6.45) is 2.62. The average Bonchev–Trinajstić information content (AvgIpc) is 3.30. The zero-order valence-electron chi connectivity index (χ0n) is 23.3. The molecule has 4 rings (SSSR count). The van der Waals surface area contributed by atoms with E-state index in [1.165, 1.54) is 16.2 Å². The summed E-state index contributed by atoms with van der Waals surface area (Å²) in [6, 6.07) is 1.29. The lowest BCUT2D eigenvalue weighted by Crippen LogP contribution is -2.44. The third-order valence-corrected chi connectivity index (χ3v) is 7.86. The number of piperidine rings is 1. The smallest absolute Gasteiger partial charge is 0.341 e. The van der Waals surface area contributed by atoms with Gasteiger partial charge in [-0.1, -0.05) is 40.5 Å². The molecule has 0 radical (unpaired) electrons. The fourth-order valence-electron chi connectivity index (χ4n) is 4.49. The number of carbonyl (C=O) groups is 3. The number of aryl methyl sites for hydroxylation is 1. The first-order valence-electron chi connectivity index (χ1n) is 12.6. The Labute approximate surface area is 236 Å². The molecule has 8 nitrogen and oxygen atoms in total. The van der Waals surface area contributed by atoms with Crippen LogP contribution in [0.25, 0.3) is 10.1 Å². The van der Waals surface area contributed by atoms with E-state index in [0.717, 1.165) is 27.3 Å². The molecule has 40 heavy (non-hydrogen) atoms. The summed E-state index contributed by atoms with van der Waals surface area (Å²) in [7, 11) is 0. The first-order valence-corrected chi connectivity index (χ1v) is 13.5. The molecule has 0 spiro atoms. The van der Waals surface area contributed by atoms with Crippen LogP contribution in [-0.2, 0) is 14.4 Å². The number of amides is 3. The molecule has 2 unspecified atom stereocenters. The normalized spacial score (nSPS) is 19.1. The Bertz CT molecular complexity index is 1310. The number of thiophene rings is 1. The zero-order valence-corrected chi connectivity index (χ0v) is 24.2. The molecule has 3 atom stereocenters. The quantitative estimate of drug-likeness (QED) is 0.405. The fraction of sp³-hybridized carbons (Fsp3) is 0.536. The van der Waals surface area contributed by atoms with Gasteiger partial charge in [0.15, 0.2) is 0 Å². The molecule has 1 aliphatic heterocycles. The van der Waals surface area contributed by atoms with Gasteiger partial charge in [0.2, 0.25) is 12.3 Å². The molecule has 1 saturated heterocycles. The zero-order chi connectivity index (χ0) is 30.4. The van der Waals surface area contributed by atoms with Crippen molar-refractivity contribution in [2.75, 3.05) is 19.6 Å². The van der Waals surface area contributed by atoms with Gasteiger partial charge in [-0.2, -0.15) is 18.4 Å². The molecule has 216 valence electrons. The summed E-state index contributed by atoms with van der Waals surface area (Å²) in [6.45, 7) is 13.2. The van der Waals surface area contributed by atoms with Gasteiger partial charge >= 0.3 is 12.1 Å². The summed E-state index contributed by atoms with van der Waals surface area (Å²) in [5.74, 6) is 1.80. The standard InChI is InChI=1S/C13H9N3OS.C11H15F3N2O2.C4H10/c1-3-9-6-18-13-8(2)15-5-10(12(9)13)11(4-14)16-7-17;1-10(2)6-4-16(5-7(6)10)8(17)3-15-9(18)11(12,13)14;1-4(2)3/h1,5-7,11H,2H3,(H,16,17);6-7H,3-5H2,1-2H3,(H,15,18);4H,1-3H3/t;6-,7?;/m.1./s1. The van der Waals surface area contributed by atoms with Gasteiger partial charge < -0.3 is 15.5 Å². The number of carbonyl (C=O) groups excluding carboxylic acids is 3. The number of nitriles is 1. The van der Waals surface area contributed by atoms with Gasteiger partial charge in [0, 0.05) is 41.2 Å². The van der Waals surface area contributed by atoms with E-state index in [-0.39, 0.29) is 5.41 Å². The van der Waals surface area contributed by atoms with Crippen molar-refractivity contribution in [3.63, 3.8) is 0 Å². The van der Waals surface area contributed by atoms with E-state index in [4.69, 9.17) is 11.7 Å². The molecule has 0 bridgehead atoms. The Balaban J connectivity index is 0.000000247. The summed E-state index contributed by atoms with van der Waals surface area (Å²) >= 11 is 1.49. The molecule has 2 aromatic rings. The lowest BCUT2D eigenvalue weighted by Gasteiger charge is -2.22. The monoisotopic (exact) mass is 577 g/mol. The van der Waals surface area contributed by atoms with Crippen molar-refractivity contribution in [1.29, 1.82) is 5.26 Å². The maximum absolute atomic E-state index is 11.9. The van der Waals surface area contributed by atoms with Gasteiger partial charge in [-0.3, -0.25) is 19.4 Å². The minimum Gasteiger partial charge on any atom is -0.341 e. The third kappa shape index (κ3) is 7.72. The number of hydrogen-bond acceptors (Lipinski definition) is 6. The summed E-state index contributed by atoms with van der Waals surface area (Å²) < 4.78 is 36.7. The van der Waals surface area contributed by atoms with Gasteiger partial charge in [-0.25, -0.2) is 0 Å². The van der Waals surface area contributed by atoms with E-state index in [0.29, 0.717) is 36.9 Å². The molecule has 2 aliphatic rings. The maximum Gasteiger partial charge on any atom is 0.471 e. The largest absolute Gasteiger partial charge is 0.471 e. The molecule has 0 aromatic carbocycles. The molecule has 3 heterocycles. The van der Waals surface area contributed by atoms with Crippen molar-refractivity contribution in [3.05, 3.63) is 28.4 Å². The second-order valence-corrected chi connectivity index (χ2v) is 11.8. The molecule has 2 fully saturated rings. The third-order valence-electron chi connectivity index (χ3n) is 6.77. The number of nitrogens with zero attached hydrogens (tertiary/aromatic N) is 3.